The smallest absolute Gasteiger partial charge is 0.357 e. The molecule has 1 aromatic heterocycles. The van der Waals surface area contributed by atoms with Gasteiger partial charge in [-0.2, -0.15) is 0 Å². The van der Waals surface area contributed by atoms with Crippen LogP contribution in [0.25, 0.3) is 0 Å². The zero-order chi connectivity index (χ0) is 13.0. The van der Waals surface area contributed by atoms with Gasteiger partial charge >= 0.3 is 5.97 Å². The predicted molar refractivity (Wildman–Crippen MR) is 72.4 cm³/mol. The summed E-state index contributed by atoms with van der Waals surface area (Å²) in [5, 5.41) is 4.07. The molecule has 18 heavy (non-hydrogen) atoms. The van der Waals surface area contributed by atoms with Crippen molar-refractivity contribution in [2.45, 2.75) is 19.8 Å². The Hall–Kier alpha value is -1.14. The lowest BCUT2D eigenvalue weighted by Gasteiger charge is -2.14. The second-order valence-corrected chi connectivity index (χ2v) is 5.59. The summed E-state index contributed by atoms with van der Waals surface area (Å²) in [6, 6.07) is 0. The molecule has 100 valence electrons. The topological polar surface area (TPSA) is 54.5 Å². The molecule has 1 fully saturated rings. The molecule has 2 rings (SSSR count). The van der Waals surface area contributed by atoms with Gasteiger partial charge in [0.05, 0.1) is 7.11 Å². The van der Waals surface area contributed by atoms with E-state index in [2.05, 4.69) is 19.9 Å². The van der Waals surface area contributed by atoms with Crippen molar-refractivity contribution in [3.8, 4) is 0 Å². The summed E-state index contributed by atoms with van der Waals surface area (Å²) in [7, 11) is 1.38. The number of carbonyl (C=O) groups is 1. The second kappa shape index (κ2) is 6.15. The SMILES string of the molecule is COC(=O)c1nc(NCCN2CCCC2)sc1C. The zero-order valence-corrected chi connectivity index (χ0v) is 11.7. The Labute approximate surface area is 111 Å². The Morgan fingerprint density at radius 2 is 2.22 bits per heavy atom. The maximum atomic E-state index is 11.4. The standard InChI is InChI=1S/C12H19N3O2S/c1-9-10(11(16)17-2)14-12(18-9)13-5-8-15-6-3-4-7-15/h3-8H2,1-2H3,(H,13,14). The van der Waals surface area contributed by atoms with Crippen molar-refractivity contribution >= 4 is 22.4 Å². The second-order valence-electron chi connectivity index (χ2n) is 4.39. The summed E-state index contributed by atoms with van der Waals surface area (Å²) in [4.78, 5) is 19.0. The molecule has 0 aliphatic carbocycles. The highest BCUT2D eigenvalue weighted by molar-refractivity contribution is 7.15. The molecular formula is C12H19N3O2S. The third-order valence-corrected chi connectivity index (χ3v) is 4.01. The first-order chi connectivity index (χ1) is 8.70. The van der Waals surface area contributed by atoms with Crippen LogP contribution >= 0.6 is 11.3 Å². The maximum absolute atomic E-state index is 11.4. The minimum absolute atomic E-state index is 0.364. The number of nitrogens with zero attached hydrogens (tertiary/aromatic N) is 2. The summed E-state index contributed by atoms with van der Waals surface area (Å²) in [5.74, 6) is -0.364. The molecule has 1 aliphatic rings. The van der Waals surface area contributed by atoms with E-state index in [4.69, 9.17) is 0 Å². The van der Waals surface area contributed by atoms with Crippen molar-refractivity contribution in [1.29, 1.82) is 0 Å². The van der Waals surface area contributed by atoms with Crippen molar-refractivity contribution in [1.82, 2.24) is 9.88 Å². The summed E-state index contributed by atoms with van der Waals surface area (Å²) in [5.41, 5.74) is 0.422. The van der Waals surface area contributed by atoms with Gasteiger partial charge in [0.25, 0.3) is 0 Å². The van der Waals surface area contributed by atoms with Crippen LogP contribution in [-0.2, 0) is 4.74 Å². The first-order valence-electron chi connectivity index (χ1n) is 6.22. The highest BCUT2D eigenvalue weighted by Gasteiger charge is 2.16. The van der Waals surface area contributed by atoms with E-state index in [1.807, 2.05) is 6.92 Å². The lowest BCUT2D eigenvalue weighted by atomic mass is 10.4. The number of aryl methyl sites for hydroxylation is 1. The molecule has 0 atom stereocenters. The highest BCUT2D eigenvalue weighted by atomic mass is 32.1. The number of hydrogen-bond acceptors (Lipinski definition) is 6. The first kappa shape index (κ1) is 13.3. The van der Waals surface area contributed by atoms with E-state index in [1.165, 1.54) is 44.4 Å². The van der Waals surface area contributed by atoms with Crippen LogP contribution in [0.5, 0.6) is 0 Å². The van der Waals surface area contributed by atoms with Crippen molar-refractivity contribution in [2.75, 3.05) is 38.6 Å². The van der Waals surface area contributed by atoms with Gasteiger partial charge in [0.2, 0.25) is 0 Å². The van der Waals surface area contributed by atoms with Crippen molar-refractivity contribution in [3.63, 3.8) is 0 Å². The molecule has 5 nitrogen and oxygen atoms in total. The number of rotatable bonds is 5. The van der Waals surface area contributed by atoms with Crippen LogP contribution in [0.15, 0.2) is 0 Å². The number of aromatic nitrogens is 1. The van der Waals surface area contributed by atoms with E-state index in [0.717, 1.165) is 23.1 Å². The maximum Gasteiger partial charge on any atom is 0.357 e. The Kier molecular flexibility index (Phi) is 4.54. The monoisotopic (exact) mass is 269 g/mol. The molecule has 0 bridgehead atoms. The van der Waals surface area contributed by atoms with Gasteiger partial charge in [0.1, 0.15) is 0 Å². The van der Waals surface area contributed by atoms with Crippen molar-refractivity contribution < 1.29 is 9.53 Å². The summed E-state index contributed by atoms with van der Waals surface area (Å²) < 4.78 is 4.69. The number of nitrogens with one attached hydrogen (secondary N) is 1. The fourth-order valence-corrected chi connectivity index (χ4v) is 2.91. The largest absolute Gasteiger partial charge is 0.464 e. The van der Waals surface area contributed by atoms with Gasteiger partial charge in [-0.3, -0.25) is 0 Å². The normalized spacial score (nSPS) is 15.9. The van der Waals surface area contributed by atoms with Gasteiger partial charge in [0.15, 0.2) is 10.8 Å². The number of ether oxygens (including phenoxy) is 1. The number of likely N-dealkylation sites (tertiary alicyclic amines) is 1. The Morgan fingerprint density at radius 3 is 2.89 bits per heavy atom. The molecule has 1 aliphatic heterocycles. The Bertz CT molecular complexity index is 413. The molecule has 0 amide bonds. The van der Waals surface area contributed by atoms with Gasteiger partial charge in [0, 0.05) is 18.0 Å². The Balaban J connectivity index is 1.83. The van der Waals surface area contributed by atoms with Gasteiger partial charge < -0.3 is 15.0 Å². The average molecular weight is 269 g/mol. The van der Waals surface area contributed by atoms with Gasteiger partial charge in [-0.25, -0.2) is 9.78 Å². The summed E-state index contributed by atoms with van der Waals surface area (Å²) in [6.07, 6.45) is 2.62. The molecule has 0 saturated carbocycles. The molecule has 2 heterocycles. The lowest BCUT2D eigenvalue weighted by molar-refractivity contribution is 0.0594. The first-order valence-corrected chi connectivity index (χ1v) is 7.04. The third kappa shape index (κ3) is 3.20. The van der Waals surface area contributed by atoms with Crippen LogP contribution in [0.4, 0.5) is 5.13 Å². The van der Waals surface area contributed by atoms with Crippen molar-refractivity contribution in [3.05, 3.63) is 10.6 Å². The van der Waals surface area contributed by atoms with E-state index >= 15 is 0 Å². The van der Waals surface area contributed by atoms with Crippen LogP contribution in [0.3, 0.4) is 0 Å². The third-order valence-electron chi connectivity index (χ3n) is 3.08. The molecule has 1 saturated heterocycles. The van der Waals surface area contributed by atoms with Crippen LogP contribution in [0.2, 0.25) is 0 Å². The van der Waals surface area contributed by atoms with Crippen molar-refractivity contribution in [2.24, 2.45) is 0 Å². The number of esters is 1. The van der Waals surface area contributed by atoms with Crippen LogP contribution in [0.1, 0.15) is 28.2 Å². The minimum Gasteiger partial charge on any atom is -0.464 e. The van der Waals surface area contributed by atoms with Crippen LogP contribution in [0, 0.1) is 6.92 Å². The average Bonchev–Trinajstić information content (AvgIpc) is 2.98. The molecule has 0 radical (unpaired) electrons. The van der Waals surface area contributed by atoms with E-state index in [0.29, 0.717) is 5.69 Å². The molecule has 0 aromatic carbocycles. The van der Waals surface area contributed by atoms with Crippen LogP contribution in [-0.4, -0.2) is 49.1 Å². The number of methoxy groups -OCH3 is 1. The number of thiazole rings is 1. The minimum atomic E-state index is -0.364. The summed E-state index contributed by atoms with van der Waals surface area (Å²) in [6.45, 7) is 6.19. The van der Waals surface area contributed by atoms with Gasteiger partial charge in [-0.1, -0.05) is 0 Å². The molecule has 6 heteroatoms. The van der Waals surface area contributed by atoms with Gasteiger partial charge in [-0.15, -0.1) is 11.3 Å². The summed E-state index contributed by atoms with van der Waals surface area (Å²) >= 11 is 1.50. The number of carbonyl (C=O) groups excluding carboxylic acids is 1. The lowest BCUT2D eigenvalue weighted by Crippen LogP contribution is -2.25. The van der Waals surface area contributed by atoms with Crippen LogP contribution < -0.4 is 5.32 Å². The molecular weight excluding hydrogens is 250 g/mol. The van der Waals surface area contributed by atoms with E-state index < -0.39 is 0 Å². The predicted octanol–water partition coefficient (Wildman–Crippen LogP) is 1.75. The number of anilines is 1. The number of hydrogen-bond donors (Lipinski definition) is 1. The molecule has 1 N–H and O–H groups in total. The van der Waals surface area contributed by atoms with E-state index in [-0.39, 0.29) is 5.97 Å². The zero-order valence-electron chi connectivity index (χ0n) is 10.9. The molecule has 1 aromatic rings. The Morgan fingerprint density at radius 1 is 1.50 bits per heavy atom. The fraction of sp³-hybridized carbons (Fsp3) is 0.667. The highest BCUT2D eigenvalue weighted by Crippen LogP contribution is 2.22. The fourth-order valence-electron chi connectivity index (χ4n) is 2.09. The molecule has 0 spiro atoms. The van der Waals surface area contributed by atoms with Gasteiger partial charge in [-0.05, 0) is 32.9 Å². The van der Waals surface area contributed by atoms with E-state index in [9.17, 15) is 4.79 Å². The quantitative estimate of drug-likeness (QED) is 0.825. The van der Waals surface area contributed by atoms with E-state index in [1.54, 1.807) is 0 Å². The molecule has 0 unspecified atom stereocenters.